The second kappa shape index (κ2) is 7.11. The molecule has 0 heterocycles. The first-order valence-corrected chi connectivity index (χ1v) is 7.57. The Morgan fingerprint density at radius 2 is 2.15 bits per heavy atom. The van der Waals surface area contributed by atoms with Crippen molar-refractivity contribution in [2.45, 2.75) is 38.0 Å². The number of nitrogens with one attached hydrogen (secondary N) is 1. The fourth-order valence-electron chi connectivity index (χ4n) is 1.69. The van der Waals surface area contributed by atoms with E-state index >= 15 is 0 Å². The number of ether oxygens (including phenoxy) is 1. The first kappa shape index (κ1) is 17.0. The summed E-state index contributed by atoms with van der Waals surface area (Å²) in [6.45, 7) is 9.34. The highest BCUT2D eigenvalue weighted by molar-refractivity contribution is 7.90. The van der Waals surface area contributed by atoms with Crippen LogP contribution in [0.15, 0.2) is 30.9 Å². The van der Waals surface area contributed by atoms with E-state index in [0.29, 0.717) is 17.7 Å². The van der Waals surface area contributed by atoms with Crippen molar-refractivity contribution in [3.63, 3.8) is 0 Å². The summed E-state index contributed by atoms with van der Waals surface area (Å²) < 4.78 is 33.6. The van der Waals surface area contributed by atoms with Gasteiger partial charge in [-0.15, -0.1) is 11.3 Å². The summed E-state index contributed by atoms with van der Waals surface area (Å²) in [7, 11) is 1.53. The van der Waals surface area contributed by atoms with Crippen molar-refractivity contribution in [3.8, 4) is 5.75 Å². The molecule has 0 aromatic heterocycles. The van der Waals surface area contributed by atoms with E-state index in [1.807, 2.05) is 20.8 Å². The molecule has 112 valence electrons. The van der Waals surface area contributed by atoms with Crippen LogP contribution in [0.4, 0.5) is 4.39 Å². The quantitative estimate of drug-likeness (QED) is 0.646. The van der Waals surface area contributed by atoms with Crippen LogP contribution < -0.4 is 9.46 Å². The average molecular weight is 299 g/mol. The molecule has 1 aromatic rings. The Balaban J connectivity index is 3.07. The zero-order chi connectivity index (χ0) is 15.3. The molecule has 0 aliphatic rings. The molecular formula is C15H22FNO2S. The Bertz CT molecular complexity index is 460. The van der Waals surface area contributed by atoms with Crippen molar-refractivity contribution >= 4 is 11.4 Å². The molecule has 0 aliphatic heterocycles. The van der Waals surface area contributed by atoms with Crippen LogP contribution in [0, 0.1) is 5.82 Å². The van der Waals surface area contributed by atoms with Gasteiger partial charge in [0.1, 0.15) is 16.3 Å². The number of halogens is 1. The predicted molar refractivity (Wildman–Crippen MR) is 81.5 cm³/mol. The smallest absolute Gasteiger partial charge is 0.136 e. The number of hydrogen-bond donors (Lipinski definition) is 1. The third-order valence-electron chi connectivity index (χ3n) is 2.78. The normalized spacial score (nSPS) is 14.7. The lowest BCUT2D eigenvalue weighted by molar-refractivity contribution is 0.401. The van der Waals surface area contributed by atoms with Crippen molar-refractivity contribution in [1.29, 1.82) is 0 Å². The average Bonchev–Trinajstić information content (AvgIpc) is 2.37. The molecular weight excluding hydrogens is 277 g/mol. The van der Waals surface area contributed by atoms with Gasteiger partial charge in [-0.25, -0.2) is 4.39 Å². The van der Waals surface area contributed by atoms with E-state index in [4.69, 9.17) is 4.74 Å². The molecule has 20 heavy (non-hydrogen) atoms. The van der Waals surface area contributed by atoms with Gasteiger partial charge in [0.25, 0.3) is 0 Å². The molecule has 1 aromatic carbocycles. The maximum Gasteiger partial charge on any atom is 0.136 e. The molecule has 3 nitrogen and oxygen atoms in total. The summed E-state index contributed by atoms with van der Waals surface area (Å²) in [5.74, 6) is 0.217. The Morgan fingerprint density at radius 1 is 1.50 bits per heavy atom. The van der Waals surface area contributed by atoms with E-state index in [2.05, 4.69) is 11.3 Å². The topological polar surface area (TPSA) is 44.3 Å². The fraction of sp³-hybridized carbons (Fsp3) is 0.467. The number of methoxy groups -OCH3 is 1. The van der Waals surface area contributed by atoms with Crippen LogP contribution in [-0.4, -0.2) is 16.4 Å². The summed E-state index contributed by atoms with van der Waals surface area (Å²) in [4.78, 5) is 0. The summed E-state index contributed by atoms with van der Waals surface area (Å²) in [6.07, 6.45) is 2.24. The van der Waals surface area contributed by atoms with E-state index < -0.39 is 16.1 Å². The second-order valence-corrected chi connectivity index (χ2v) is 7.46. The van der Waals surface area contributed by atoms with E-state index in [1.165, 1.54) is 19.2 Å². The Morgan fingerprint density at radius 3 is 2.65 bits per heavy atom. The van der Waals surface area contributed by atoms with Gasteiger partial charge in [-0.2, -0.15) is 0 Å². The largest absolute Gasteiger partial charge is 0.598 e. The monoisotopic (exact) mass is 299 g/mol. The molecule has 2 atom stereocenters. The fourth-order valence-corrected chi connectivity index (χ4v) is 2.52. The SMILES string of the molecule is C=CCC(N[S@@+]([O-])C(C)(C)C)c1cc(F)ccc1OC. The van der Waals surface area contributed by atoms with Crippen LogP contribution in [0.1, 0.15) is 38.8 Å². The Kier molecular flexibility index (Phi) is 6.05. The molecule has 5 heteroatoms. The van der Waals surface area contributed by atoms with Gasteiger partial charge in [0.05, 0.1) is 13.2 Å². The van der Waals surface area contributed by atoms with Gasteiger partial charge in [-0.05, 0) is 45.4 Å². The van der Waals surface area contributed by atoms with Gasteiger partial charge in [0.2, 0.25) is 0 Å². The Labute approximate surface area is 123 Å². The third kappa shape index (κ3) is 4.51. The lowest BCUT2D eigenvalue weighted by Gasteiger charge is -2.28. The third-order valence-corrected chi connectivity index (χ3v) is 4.39. The molecule has 1 N–H and O–H groups in total. The molecule has 1 rings (SSSR count). The van der Waals surface area contributed by atoms with Gasteiger partial charge < -0.3 is 9.29 Å². The van der Waals surface area contributed by atoms with E-state index in [0.717, 1.165) is 0 Å². The lowest BCUT2D eigenvalue weighted by Crippen LogP contribution is -2.41. The van der Waals surface area contributed by atoms with Gasteiger partial charge in [-0.3, -0.25) is 0 Å². The molecule has 0 spiro atoms. The minimum atomic E-state index is -1.26. The maximum atomic E-state index is 13.5. The van der Waals surface area contributed by atoms with Crippen LogP contribution in [0.5, 0.6) is 5.75 Å². The van der Waals surface area contributed by atoms with Gasteiger partial charge in [-0.1, -0.05) is 6.08 Å². The minimum Gasteiger partial charge on any atom is -0.598 e. The standard InChI is InChI=1S/C15H22FNO2S/c1-6-7-13(17-20(18)15(2,3)4)12-10-11(16)8-9-14(12)19-5/h6,8-10,13,17H,1,7H2,2-5H3/t13?,20-/m0/s1. The minimum absolute atomic E-state index is 0.307. The molecule has 1 unspecified atom stereocenters. The first-order chi connectivity index (χ1) is 9.29. The number of benzene rings is 1. The summed E-state index contributed by atoms with van der Waals surface area (Å²) in [6, 6.07) is 4.01. The van der Waals surface area contributed by atoms with Crippen molar-refractivity contribution in [1.82, 2.24) is 4.72 Å². The molecule has 0 amide bonds. The van der Waals surface area contributed by atoms with Gasteiger partial charge in [0.15, 0.2) is 0 Å². The van der Waals surface area contributed by atoms with Crippen LogP contribution in [-0.2, 0) is 11.4 Å². The molecule has 0 saturated heterocycles. The van der Waals surface area contributed by atoms with Crippen molar-refractivity contribution in [3.05, 3.63) is 42.2 Å². The van der Waals surface area contributed by atoms with E-state index in [-0.39, 0.29) is 11.9 Å². The summed E-state index contributed by atoms with van der Waals surface area (Å²) in [5, 5.41) is 0. The molecule has 0 aliphatic carbocycles. The second-order valence-electron chi connectivity index (χ2n) is 5.46. The molecule has 0 saturated carbocycles. The van der Waals surface area contributed by atoms with Gasteiger partial charge >= 0.3 is 0 Å². The Hall–Kier alpha value is -1.04. The van der Waals surface area contributed by atoms with Crippen LogP contribution >= 0.6 is 0 Å². The molecule has 0 radical (unpaired) electrons. The van der Waals surface area contributed by atoms with Crippen molar-refractivity contribution < 1.29 is 13.7 Å². The van der Waals surface area contributed by atoms with Crippen molar-refractivity contribution in [2.75, 3.05) is 7.11 Å². The highest BCUT2D eigenvalue weighted by Gasteiger charge is 2.30. The van der Waals surface area contributed by atoms with Crippen molar-refractivity contribution in [2.24, 2.45) is 0 Å². The predicted octanol–water partition coefficient (Wildman–Crippen LogP) is 3.50. The zero-order valence-electron chi connectivity index (χ0n) is 12.4. The zero-order valence-corrected chi connectivity index (χ0v) is 13.2. The lowest BCUT2D eigenvalue weighted by atomic mass is 10.0. The summed E-state index contributed by atoms with van der Waals surface area (Å²) in [5.41, 5.74) is 0.644. The number of rotatable bonds is 6. The van der Waals surface area contributed by atoms with E-state index in [1.54, 1.807) is 12.1 Å². The van der Waals surface area contributed by atoms with Crippen LogP contribution in [0.2, 0.25) is 0 Å². The first-order valence-electron chi connectivity index (χ1n) is 6.42. The summed E-state index contributed by atoms with van der Waals surface area (Å²) >= 11 is -1.26. The van der Waals surface area contributed by atoms with E-state index in [9.17, 15) is 8.94 Å². The highest BCUT2D eigenvalue weighted by atomic mass is 32.2. The highest BCUT2D eigenvalue weighted by Crippen LogP contribution is 2.30. The number of hydrogen-bond acceptors (Lipinski definition) is 3. The van der Waals surface area contributed by atoms with Crippen LogP contribution in [0.25, 0.3) is 0 Å². The molecule has 0 fully saturated rings. The molecule has 0 bridgehead atoms. The maximum absolute atomic E-state index is 13.5. The van der Waals surface area contributed by atoms with Crippen LogP contribution in [0.3, 0.4) is 0 Å². The van der Waals surface area contributed by atoms with Gasteiger partial charge in [0, 0.05) is 16.9 Å².